The fraction of sp³-hybridized carbons (Fsp3) is 0.0196. The molecule has 0 N–H and O–H groups in total. The Bertz CT molecular complexity index is 6390. The second-order valence-electron chi connectivity index (χ2n) is 28.0. The quantitative estimate of drug-likeness (QED) is 0.135. The lowest BCUT2D eigenvalue weighted by atomic mass is 9.70. The maximum atomic E-state index is 7.82. The van der Waals surface area contributed by atoms with E-state index in [1.54, 1.807) is 0 Å². The molecule has 0 amide bonds. The summed E-state index contributed by atoms with van der Waals surface area (Å²) in [5, 5.41) is 0. The Morgan fingerprint density at radius 2 is 0.417 bits per heavy atom. The first-order valence-electron chi connectivity index (χ1n) is 36.5. The van der Waals surface area contributed by atoms with Crippen LogP contribution in [0.3, 0.4) is 0 Å². The highest BCUT2D eigenvalue weighted by molar-refractivity contribution is 5.99. The van der Waals surface area contributed by atoms with Crippen molar-refractivity contribution in [2.45, 2.75) is 10.8 Å². The molecule has 0 bridgehead atoms. The number of rotatable bonds is 9. The first-order chi connectivity index (χ1) is 53.4. The van der Waals surface area contributed by atoms with Gasteiger partial charge in [-0.25, -0.2) is 29.6 Å². The van der Waals surface area contributed by atoms with Gasteiger partial charge in [-0.2, -0.15) is 0 Å². The summed E-state index contributed by atoms with van der Waals surface area (Å²) in [6.07, 6.45) is 0. The Kier molecular flexibility index (Phi) is 15.0. The molecule has 6 heteroatoms. The normalized spacial score (nSPS) is 12.8. The molecule has 0 atom stereocenters. The summed E-state index contributed by atoms with van der Waals surface area (Å²) in [5.41, 5.74) is 36.8. The van der Waals surface area contributed by atoms with Crippen molar-refractivity contribution in [3.05, 3.63) is 443 Å². The van der Waals surface area contributed by atoms with Gasteiger partial charge in [0.25, 0.3) is 0 Å². The first-order valence-corrected chi connectivity index (χ1v) is 36.5. The van der Waals surface area contributed by atoms with Crippen LogP contribution in [0.15, 0.2) is 376 Å². The zero-order valence-corrected chi connectivity index (χ0v) is 58.5. The van der Waals surface area contributed by atoms with E-state index in [0.29, 0.717) is 23.0 Å². The number of aromatic nitrogens is 4. The highest BCUT2D eigenvalue weighted by atomic mass is 14.9. The second kappa shape index (κ2) is 25.7. The van der Waals surface area contributed by atoms with Gasteiger partial charge in [0.05, 0.1) is 46.7 Å². The van der Waals surface area contributed by atoms with Crippen molar-refractivity contribution in [1.82, 2.24) is 19.9 Å². The van der Waals surface area contributed by atoms with E-state index in [1.165, 1.54) is 89.0 Å². The Labute approximate surface area is 627 Å². The minimum atomic E-state index is -0.473. The molecule has 0 aliphatic heterocycles. The molecule has 0 unspecified atom stereocenters. The smallest absolute Gasteiger partial charge is 0.187 e. The molecule has 4 aliphatic rings. The average Bonchev–Trinajstić information content (AvgIpc) is 1.52. The van der Waals surface area contributed by atoms with Gasteiger partial charge in [0.15, 0.2) is 23.0 Å². The zero-order valence-electron chi connectivity index (χ0n) is 58.5. The molecular formula is C102H62N6. The number of nitrogens with zero attached hydrogens (tertiary/aromatic N) is 6. The van der Waals surface area contributed by atoms with Crippen molar-refractivity contribution < 1.29 is 0 Å². The van der Waals surface area contributed by atoms with Crippen molar-refractivity contribution in [2.24, 2.45) is 0 Å². The fourth-order valence-electron chi connectivity index (χ4n) is 17.4. The van der Waals surface area contributed by atoms with E-state index in [2.05, 4.69) is 313 Å². The van der Waals surface area contributed by atoms with Gasteiger partial charge in [0.2, 0.25) is 0 Å². The molecule has 4 aliphatic carbocycles. The van der Waals surface area contributed by atoms with Crippen LogP contribution < -0.4 is 0 Å². The molecule has 17 aromatic rings. The van der Waals surface area contributed by atoms with E-state index in [9.17, 15) is 0 Å². The Morgan fingerprint density at radius 1 is 0.176 bits per heavy atom. The van der Waals surface area contributed by atoms with Crippen LogP contribution in [-0.2, 0) is 10.8 Å². The summed E-state index contributed by atoms with van der Waals surface area (Å²) in [6, 6.07) is 133. The second-order valence-corrected chi connectivity index (χ2v) is 28.0. The number of hydrogen-bond acceptors (Lipinski definition) is 4. The van der Waals surface area contributed by atoms with Crippen LogP contribution in [0.5, 0.6) is 0 Å². The number of benzene rings is 15. The molecule has 21 rings (SSSR count). The van der Waals surface area contributed by atoms with Crippen molar-refractivity contribution in [3.63, 3.8) is 0 Å². The van der Waals surface area contributed by atoms with Gasteiger partial charge >= 0.3 is 0 Å². The Hall–Kier alpha value is -14.6. The van der Waals surface area contributed by atoms with E-state index >= 15 is 0 Å². The average molecular weight is 1370 g/mol. The minimum absolute atomic E-state index is 0.461. The molecule has 2 heterocycles. The van der Waals surface area contributed by atoms with E-state index < -0.39 is 10.8 Å². The third kappa shape index (κ3) is 10.2. The van der Waals surface area contributed by atoms with Crippen molar-refractivity contribution in [3.8, 4) is 146 Å². The lowest BCUT2D eigenvalue weighted by Gasteiger charge is -2.30. The van der Waals surface area contributed by atoms with Gasteiger partial charge in [-0.3, -0.25) is 0 Å². The topological polar surface area (TPSA) is 60.3 Å². The van der Waals surface area contributed by atoms with Crippen LogP contribution in [0.2, 0.25) is 0 Å². The third-order valence-corrected chi connectivity index (χ3v) is 22.3. The maximum absolute atomic E-state index is 7.82. The summed E-state index contributed by atoms with van der Waals surface area (Å²) < 4.78 is 0. The molecule has 108 heavy (non-hydrogen) atoms. The van der Waals surface area contributed by atoms with E-state index in [4.69, 9.17) is 33.1 Å². The summed E-state index contributed by atoms with van der Waals surface area (Å²) in [6.45, 7) is 15.6. The molecule has 15 aromatic carbocycles. The lowest BCUT2D eigenvalue weighted by molar-refractivity contribution is 0.794. The predicted octanol–water partition coefficient (Wildman–Crippen LogP) is 25.7. The lowest BCUT2D eigenvalue weighted by Crippen LogP contribution is -2.25. The van der Waals surface area contributed by atoms with Crippen LogP contribution in [-0.4, -0.2) is 19.9 Å². The van der Waals surface area contributed by atoms with E-state index in [1.807, 2.05) is 72.8 Å². The van der Waals surface area contributed by atoms with Crippen molar-refractivity contribution in [2.75, 3.05) is 0 Å². The molecule has 0 fully saturated rings. The summed E-state index contributed by atoms with van der Waals surface area (Å²) in [4.78, 5) is 27.8. The molecule has 0 saturated carbocycles. The molecule has 500 valence electrons. The summed E-state index contributed by atoms with van der Waals surface area (Å²) >= 11 is 0. The maximum Gasteiger partial charge on any atom is 0.187 e. The van der Waals surface area contributed by atoms with Crippen LogP contribution in [0.1, 0.15) is 44.5 Å². The largest absolute Gasteiger partial charge is 0.238 e. The van der Waals surface area contributed by atoms with Crippen LogP contribution in [0.4, 0.5) is 11.4 Å². The highest BCUT2D eigenvalue weighted by Crippen LogP contribution is 2.65. The number of hydrogen-bond donors (Lipinski definition) is 0. The Balaban J connectivity index is 0.000000143. The van der Waals surface area contributed by atoms with Gasteiger partial charge in [-0.1, -0.05) is 340 Å². The molecule has 0 saturated heterocycles. The predicted molar refractivity (Wildman–Crippen MR) is 438 cm³/mol. The SMILES string of the molecule is [C-]#[N+]c1ccc2c(c1)-c1ccc(-c3ccc(-c4cc(-c5ccc(-c6ccccc6)cc5)nc(-c5ccccc5)n4)cc3)cc1C21c2ccccc2-c2ccccc21.[C-]#[N+]c1ccc2c(c1)-c1ccc(-c3ccc(-c4cc(-c5ccccc5)nc(-c5ccccc5)n4)cc3)cc1C21c2ccccc2-c2ccccc21. The monoisotopic (exact) mass is 1370 g/mol. The zero-order chi connectivity index (χ0) is 71.9. The van der Waals surface area contributed by atoms with Gasteiger partial charge in [-0.05, 0) is 159 Å². The fourth-order valence-corrected chi connectivity index (χ4v) is 17.4. The van der Waals surface area contributed by atoms with Crippen molar-refractivity contribution >= 4 is 11.4 Å². The molecule has 6 nitrogen and oxygen atoms in total. The van der Waals surface area contributed by atoms with E-state index in [0.717, 1.165) is 89.5 Å². The third-order valence-electron chi connectivity index (χ3n) is 22.3. The minimum Gasteiger partial charge on any atom is -0.238 e. The van der Waals surface area contributed by atoms with Gasteiger partial charge < -0.3 is 0 Å². The molecule has 0 radical (unpaired) electrons. The van der Waals surface area contributed by atoms with Crippen LogP contribution in [0.25, 0.3) is 155 Å². The van der Waals surface area contributed by atoms with E-state index in [-0.39, 0.29) is 0 Å². The summed E-state index contributed by atoms with van der Waals surface area (Å²) in [5.74, 6) is 1.40. The van der Waals surface area contributed by atoms with Crippen LogP contribution >= 0.6 is 0 Å². The number of fused-ring (bicyclic) bond motifs is 20. The standard InChI is InChI=1S/C54H33N3.C48H29N3/c1-55-42-29-31-49-46(33-42)45-30-28-41(32-50(45)54(49)47-18-10-8-16-43(47)44-17-9-11-19-48(44)54)37-22-26-39(27-23-37)52-34-51(56-53(57-52)40-14-6-3-7-15-40)38-24-20-36(21-25-38)35-12-4-2-5-13-35;1-49-36-25-27-43-40(29-36)39-26-24-35(28-44(39)48(43)41-18-10-8-16-37(41)38-17-9-11-19-42(38)48)31-20-22-33(23-21-31)46-30-45(32-12-4-2-5-13-32)50-47(51-46)34-14-6-3-7-15-34/h2-34H;2-30H. The highest BCUT2D eigenvalue weighted by Gasteiger charge is 2.53. The summed E-state index contributed by atoms with van der Waals surface area (Å²) in [7, 11) is 0. The molecular weight excluding hydrogens is 1310 g/mol. The first kappa shape index (κ1) is 63.2. The van der Waals surface area contributed by atoms with Gasteiger partial charge in [0, 0.05) is 33.4 Å². The van der Waals surface area contributed by atoms with Gasteiger partial charge in [-0.15, -0.1) is 0 Å². The Morgan fingerprint density at radius 3 is 0.750 bits per heavy atom. The van der Waals surface area contributed by atoms with Gasteiger partial charge in [0.1, 0.15) is 0 Å². The van der Waals surface area contributed by atoms with Crippen LogP contribution in [0, 0.1) is 13.1 Å². The van der Waals surface area contributed by atoms with Crippen molar-refractivity contribution in [1.29, 1.82) is 0 Å². The molecule has 2 aromatic heterocycles. The molecule has 2 spiro atoms.